The summed E-state index contributed by atoms with van der Waals surface area (Å²) in [6, 6.07) is 20.2. The van der Waals surface area contributed by atoms with Gasteiger partial charge in [-0.05, 0) is 66.4 Å². The molecule has 1 aliphatic rings. The molecule has 230 valence electrons. The highest BCUT2D eigenvalue weighted by atomic mass is 19.1. The van der Waals surface area contributed by atoms with Gasteiger partial charge in [0.15, 0.2) is 0 Å². The zero-order chi connectivity index (χ0) is 32.0. The molecule has 0 radical (unpaired) electrons. The van der Waals surface area contributed by atoms with Gasteiger partial charge in [0.2, 0.25) is 5.88 Å². The molecule has 10 heteroatoms. The van der Waals surface area contributed by atoms with Gasteiger partial charge >= 0.3 is 5.97 Å². The monoisotopic (exact) mass is 613 g/mol. The third-order valence-corrected chi connectivity index (χ3v) is 7.83. The number of carbonyl (C=O) groups is 2. The molecule has 1 aromatic heterocycles. The number of hydrogen-bond donors (Lipinski definition) is 1. The standard InChI is InChI=1S/C35H30F3N3O4/c1-44-34(43)25-9-10-31(40-21-35(20-36)11-12-35)27(14-25)16-28(42)15-23-7-8-24(17-30(23)38)32-3-2-4-33(41-32)45-19-26-6-5-22(18-39)13-29(26)37/h2-10,13-14,17,40H,11-12,15-16,19-21H2,1H3. The topological polar surface area (TPSA) is 101 Å². The Hall–Kier alpha value is -5.17. The summed E-state index contributed by atoms with van der Waals surface area (Å²) in [4.78, 5) is 29.6. The van der Waals surface area contributed by atoms with E-state index in [2.05, 4.69) is 10.3 Å². The number of ketones is 1. The number of carbonyl (C=O) groups excluding carboxylic acids is 2. The van der Waals surface area contributed by atoms with Gasteiger partial charge in [-0.25, -0.2) is 18.6 Å². The minimum atomic E-state index is -0.589. The molecular formula is C35H30F3N3O4. The lowest BCUT2D eigenvalue weighted by atomic mass is 9.98. The normalized spacial score (nSPS) is 13.0. The number of alkyl halides is 1. The molecule has 5 rings (SSSR count). The van der Waals surface area contributed by atoms with E-state index in [1.165, 1.54) is 31.4 Å². The Balaban J connectivity index is 1.26. The summed E-state index contributed by atoms with van der Waals surface area (Å²) >= 11 is 0. The van der Waals surface area contributed by atoms with Crippen LogP contribution in [-0.2, 0) is 29.0 Å². The summed E-state index contributed by atoms with van der Waals surface area (Å²) in [5.41, 5.74) is 2.56. The first-order valence-electron chi connectivity index (χ1n) is 14.3. The Kier molecular flexibility index (Phi) is 9.48. The molecule has 7 nitrogen and oxygen atoms in total. The van der Waals surface area contributed by atoms with E-state index in [9.17, 15) is 18.4 Å². The van der Waals surface area contributed by atoms with E-state index >= 15 is 4.39 Å². The maximum absolute atomic E-state index is 15.2. The van der Waals surface area contributed by atoms with Crippen LogP contribution in [-0.4, -0.2) is 37.1 Å². The summed E-state index contributed by atoms with van der Waals surface area (Å²) in [6.07, 6.45) is 1.31. The third kappa shape index (κ3) is 7.68. The Morgan fingerprint density at radius 2 is 1.71 bits per heavy atom. The first-order valence-corrected chi connectivity index (χ1v) is 14.3. The number of aromatic nitrogens is 1. The van der Waals surface area contributed by atoms with Crippen molar-refractivity contribution in [2.45, 2.75) is 32.3 Å². The number of nitrogens with zero attached hydrogens (tertiary/aromatic N) is 2. The number of anilines is 1. The number of nitrogens with one attached hydrogen (secondary N) is 1. The molecule has 0 aliphatic heterocycles. The number of esters is 1. The Bertz CT molecular complexity index is 1780. The van der Waals surface area contributed by atoms with Gasteiger partial charge in [0.05, 0.1) is 36.7 Å². The largest absolute Gasteiger partial charge is 0.473 e. The number of pyridine rings is 1. The Morgan fingerprint density at radius 1 is 0.956 bits per heavy atom. The van der Waals surface area contributed by atoms with Gasteiger partial charge in [0.25, 0.3) is 0 Å². The van der Waals surface area contributed by atoms with E-state index in [0.717, 1.165) is 18.9 Å². The van der Waals surface area contributed by atoms with Crippen LogP contribution in [0.5, 0.6) is 5.88 Å². The number of benzene rings is 3. The van der Waals surface area contributed by atoms with Crippen molar-refractivity contribution in [3.05, 3.63) is 112 Å². The Morgan fingerprint density at radius 3 is 2.40 bits per heavy atom. The third-order valence-electron chi connectivity index (χ3n) is 7.83. The fraction of sp³-hybridized carbons (Fsp3) is 0.257. The number of ether oxygens (including phenoxy) is 2. The first-order chi connectivity index (χ1) is 21.7. The van der Waals surface area contributed by atoms with Gasteiger partial charge in [0, 0.05) is 47.7 Å². The minimum Gasteiger partial charge on any atom is -0.473 e. The lowest BCUT2D eigenvalue weighted by molar-refractivity contribution is -0.117. The van der Waals surface area contributed by atoms with Crippen molar-refractivity contribution in [1.82, 2.24) is 4.98 Å². The quantitative estimate of drug-likeness (QED) is 0.166. The van der Waals surface area contributed by atoms with Crippen molar-refractivity contribution >= 4 is 17.4 Å². The molecule has 1 N–H and O–H groups in total. The molecule has 1 heterocycles. The summed E-state index contributed by atoms with van der Waals surface area (Å²) in [7, 11) is 1.27. The second-order valence-corrected chi connectivity index (χ2v) is 11.1. The maximum Gasteiger partial charge on any atom is 0.337 e. The van der Waals surface area contributed by atoms with Gasteiger partial charge in [-0.2, -0.15) is 5.26 Å². The molecule has 4 aromatic rings. The van der Waals surface area contributed by atoms with E-state index in [-0.39, 0.29) is 53.4 Å². The van der Waals surface area contributed by atoms with Crippen LogP contribution in [0.25, 0.3) is 11.3 Å². The molecular weight excluding hydrogens is 583 g/mol. The lowest BCUT2D eigenvalue weighted by Crippen LogP contribution is -2.19. The van der Waals surface area contributed by atoms with Gasteiger partial charge in [-0.15, -0.1) is 0 Å². The molecule has 0 bridgehead atoms. The van der Waals surface area contributed by atoms with Crippen molar-refractivity contribution in [3.8, 4) is 23.2 Å². The van der Waals surface area contributed by atoms with Crippen molar-refractivity contribution in [2.75, 3.05) is 25.6 Å². The zero-order valence-corrected chi connectivity index (χ0v) is 24.5. The highest BCUT2D eigenvalue weighted by Gasteiger charge is 2.42. The molecule has 0 atom stereocenters. The van der Waals surface area contributed by atoms with Crippen LogP contribution < -0.4 is 10.1 Å². The smallest absolute Gasteiger partial charge is 0.337 e. The predicted octanol–water partition coefficient (Wildman–Crippen LogP) is 6.78. The number of methoxy groups -OCH3 is 1. The van der Waals surface area contributed by atoms with Crippen LogP contribution in [0, 0.1) is 28.4 Å². The predicted molar refractivity (Wildman–Crippen MR) is 161 cm³/mol. The van der Waals surface area contributed by atoms with Crippen molar-refractivity contribution in [3.63, 3.8) is 0 Å². The molecule has 0 unspecified atom stereocenters. The fourth-order valence-electron chi connectivity index (χ4n) is 4.85. The van der Waals surface area contributed by atoms with Crippen LogP contribution in [0.4, 0.5) is 18.9 Å². The van der Waals surface area contributed by atoms with Crippen molar-refractivity contribution in [1.29, 1.82) is 5.26 Å². The fourth-order valence-corrected chi connectivity index (χ4v) is 4.85. The van der Waals surface area contributed by atoms with Crippen LogP contribution >= 0.6 is 0 Å². The Labute approximate surface area is 258 Å². The van der Waals surface area contributed by atoms with E-state index in [0.29, 0.717) is 29.1 Å². The average Bonchev–Trinajstić information content (AvgIpc) is 3.84. The van der Waals surface area contributed by atoms with Crippen LogP contribution in [0.1, 0.15) is 45.5 Å². The molecule has 0 saturated heterocycles. The number of halogens is 3. The zero-order valence-electron chi connectivity index (χ0n) is 24.5. The summed E-state index contributed by atoms with van der Waals surface area (Å²) < 4.78 is 53.3. The summed E-state index contributed by atoms with van der Waals surface area (Å²) in [6.45, 7) is -0.139. The van der Waals surface area contributed by atoms with Gasteiger partial charge < -0.3 is 14.8 Å². The SMILES string of the molecule is COC(=O)c1ccc(NCC2(CF)CC2)c(CC(=O)Cc2ccc(-c3cccc(OCc4ccc(C#N)cc4F)n3)cc2F)c1. The van der Waals surface area contributed by atoms with Gasteiger partial charge in [-0.3, -0.25) is 9.18 Å². The molecule has 0 amide bonds. The van der Waals surface area contributed by atoms with Gasteiger partial charge in [0.1, 0.15) is 24.0 Å². The van der Waals surface area contributed by atoms with Gasteiger partial charge in [-0.1, -0.05) is 24.3 Å². The summed E-state index contributed by atoms with van der Waals surface area (Å²) in [5.74, 6) is -1.78. The molecule has 1 aliphatic carbocycles. The molecule has 1 fully saturated rings. The number of Topliss-reactive ketones (excluding diaryl/α,β-unsaturated/α-hetero) is 1. The highest BCUT2D eigenvalue weighted by molar-refractivity contribution is 5.91. The van der Waals surface area contributed by atoms with Crippen LogP contribution in [0.3, 0.4) is 0 Å². The molecule has 0 spiro atoms. The second kappa shape index (κ2) is 13.6. The molecule has 45 heavy (non-hydrogen) atoms. The number of hydrogen-bond acceptors (Lipinski definition) is 7. The lowest BCUT2D eigenvalue weighted by Gasteiger charge is -2.17. The highest BCUT2D eigenvalue weighted by Crippen LogP contribution is 2.46. The van der Waals surface area contributed by atoms with E-state index in [4.69, 9.17) is 14.7 Å². The average molecular weight is 614 g/mol. The number of rotatable bonds is 13. The number of nitriles is 1. The van der Waals surface area contributed by atoms with Crippen LogP contribution in [0.15, 0.2) is 72.8 Å². The second-order valence-electron chi connectivity index (χ2n) is 11.1. The van der Waals surface area contributed by atoms with E-state index < -0.39 is 29.7 Å². The summed E-state index contributed by atoms with van der Waals surface area (Å²) in [5, 5.41) is 12.1. The van der Waals surface area contributed by atoms with Crippen molar-refractivity contribution in [2.24, 2.45) is 5.41 Å². The molecule has 3 aromatic carbocycles. The first kappa shape index (κ1) is 31.3. The van der Waals surface area contributed by atoms with E-state index in [1.54, 1.807) is 42.5 Å². The molecule has 1 saturated carbocycles. The van der Waals surface area contributed by atoms with Crippen LogP contribution in [0.2, 0.25) is 0 Å². The maximum atomic E-state index is 15.2. The minimum absolute atomic E-state index is 0.0717. The van der Waals surface area contributed by atoms with E-state index in [1.807, 2.05) is 6.07 Å². The van der Waals surface area contributed by atoms with Crippen molar-refractivity contribution < 1.29 is 32.2 Å².